The van der Waals surface area contributed by atoms with Gasteiger partial charge in [0.25, 0.3) is 0 Å². The average molecular weight is 374 g/mol. The van der Waals surface area contributed by atoms with Gasteiger partial charge in [0.2, 0.25) is 0 Å². The molecule has 0 aliphatic heterocycles. The van der Waals surface area contributed by atoms with E-state index in [0.29, 0.717) is 6.04 Å². The summed E-state index contributed by atoms with van der Waals surface area (Å²) in [6, 6.07) is 12.2. The summed E-state index contributed by atoms with van der Waals surface area (Å²) in [5, 5.41) is 6.97. The van der Waals surface area contributed by atoms with Crippen LogP contribution in [0.1, 0.15) is 18.1 Å². The molecule has 0 spiro atoms. The lowest BCUT2D eigenvalue weighted by atomic mass is 10.1. The van der Waals surface area contributed by atoms with Crippen LogP contribution in [0, 0.1) is 0 Å². The minimum atomic E-state index is 0.318. The summed E-state index contributed by atoms with van der Waals surface area (Å²) in [6.07, 6.45) is 0. The maximum atomic E-state index is 5.35. The van der Waals surface area contributed by atoms with Crippen molar-refractivity contribution in [3.63, 3.8) is 0 Å². The number of hydrogen-bond acceptors (Lipinski definition) is 6. The van der Waals surface area contributed by atoms with Gasteiger partial charge in [-0.1, -0.05) is 12.1 Å². The van der Waals surface area contributed by atoms with E-state index in [9.17, 15) is 0 Å². The Morgan fingerprint density at radius 3 is 1.67 bits per heavy atom. The fourth-order valence-corrected chi connectivity index (χ4v) is 2.78. The molecule has 148 valence electrons. The van der Waals surface area contributed by atoms with E-state index in [1.165, 1.54) is 0 Å². The molecule has 1 atom stereocenters. The van der Waals surface area contributed by atoms with Crippen LogP contribution in [-0.4, -0.2) is 41.0 Å². The van der Waals surface area contributed by atoms with Crippen molar-refractivity contribution >= 4 is 0 Å². The van der Waals surface area contributed by atoms with E-state index in [0.717, 1.165) is 53.8 Å². The standard InChI is InChI=1S/C21H30N2O4/c1-15(23-14-17-7-9-19(25-3)21(11-17)27-5)12-22-13-16-6-8-18(24-2)20(10-16)26-4/h6-11,15,22-23H,12-14H2,1-5H3/t15-/m0/s1. The summed E-state index contributed by atoms with van der Waals surface area (Å²) in [5.74, 6) is 2.98. The summed E-state index contributed by atoms with van der Waals surface area (Å²) in [5.41, 5.74) is 2.30. The predicted molar refractivity (Wildman–Crippen MR) is 107 cm³/mol. The van der Waals surface area contributed by atoms with Crippen molar-refractivity contribution in [2.75, 3.05) is 35.0 Å². The lowest BCUT2D eigenvalue weighted by molar-refractivity contribution is 0.354. The SMILES string of the molecule is COc1ccc(CNC[C@H](C)NCc2ccc(OC)c(OC)c2)cc1OC. The van der Waals surface area contributed by atoms with Crippen molar-refractivity contribution < 1.29 is 18.9 Å². The lowest BCUT2D eigenvalue weighted by Gasteiger charge is -2.16. The quantitative estimate of drug-likeness (QED) is 0.631. The Hall–Kier alpha value is -2.44. The van der Waals surface area contributed by atoms with Crippen molar-refractivity contribution in [2.45, 2.75) is 26.1 Å². The molecule has 0 aliphatic carbocycles. The molecule has 2 N–H and O–H groups in total. The second kappa shape index (κ2) is 10.6. The molecule has 6 nitrogen and oxygen atoms in total. The van der Waals surface area contributed by atoms with Crippen LogP contribution in [0.2, 0.25) is 0 Å². The topological polar surface area (TPSA) is 61.0 Å². The maximum Gasteiger partial charge on any atom is 0.161 e. The Labute approximate surface area is 161 Å². The van der Waals surface area contributed by atoms with Crippen molar-refractivity contribution in [3.05, 3.63) is 47.5 Å². The highest BCUT2D eigenvalue weighted by Gasteiger charge is 2.07. The van der Waals surface area contributed by atoms with E-state index < -0.39 is 0 Å². The van der Waals surface area contributed by atoms with Gasteiger partial charge in [0.15, 0.2) is 23.0 Å². The molecule has 0 unspecified atom stereocenters. The largest absolute Gasteiger partial charge is 0.493 e. The fourth-order valence-electron chi connectivity index (χ4n) is 2.78. The van der Waals surface area contributed by atoms with E-state index in [-0.39, 0.29) is 0 Å². The third kappa shape index (κ3) is 6.05. The van der Waals surface area contributed by atoms with Gasteiger partial charge >= 0.3 is 0 Å². The molecule has 2 rings (SSSR count). The minimum Gasteiger partial charge on any atom is -0.493 e. The average Bonchev–Trinajstić information content (AvgIpc) is 2.71. The molecule has 0 aliphatic rings. The second-order valence-corrected chi connectivity index (χ2v) is 6.29. The zero-order valence-corrected chi connectivity index (χ0v) is 16.8. The summed E-state index contributed by atoms with van der Waals surface area (Å²) in [7, 11) is 6.58. The van der Waals surface area contributed by atoms with Gasteiger partial charge in [-0.2, -0.15) is 0 Å². The lowest BCUT2D eigenvalue weighted by Crippen LogP contribution is -2.35. The molecule has 27 heavy (non-hydrogen) atoms. The van der Waals surface area contributed by atoms with E-state index in [1.807, 2.05) is 36.4 Å². The smallest absolute Gasteiger partial charge is 0.161 e. The van der Waals surface area contributed by atoms with Gasteiger partial charge in [-0.05, 0) is 42.3 Å². The normalized spacial score (nSPS) is 11.7. The van der Waals surface area contributed by atoms with Crippen LogP contribution < -0.4 is 29.6 Å². The first kappa shape index (κ1) is 20.9. The summed E-state index contributed by atoms with van der Waals surface area (Å²) in [6.45, 7) is 4.53. The van der Waals surface area contributed by atoms with Gasteiger partial charge in [0.05, 0.1) is 28.4 Å². The molecule has 0 radical (unpaired) electrons. The van der Waals surface area contributed by atoms with Crippen LogP contribution >= 0.6 is 0 Å². The number of hydrogen-bond donors (Lipinski definition) is 2. The molecule has 0 aromatic heterocycles. The van der Waals surface area contributed by atoms with Gasteiger partial charge in [0, 0.05) is 25.7 Å². The Balaban J connectivity index is 1.79. The highest BCUT2D eigenvalue weighted by Crippen LogP contribution is 2.28. The summed E-state index contributed by atoms with van der Waals surface area (Å²) >= 11 is 0. The molecule has 2 aromatic rings. The third-order valence-corrected chi connectivity index (χ3v) is 4.33. The predicted octanol–water partition coefficient (Wildman–Crippen LogP) is 2.99. The van der Waals surface area contributed by atoms with E-state index >= 15 is 0 Å². The van der Waals surface area contributed by atoms with Crippen LogP contribution in [-0.2, 0) is 13.1 Å². The zero-order chi connectivity index (χ0) is 19.6. The first-order valence-corrected chi connectivity index (χ1v) is 8.97. The molecule has 0 fully saturated rings. The number of nitrogens with one attached hydrogen (secondary N) is 2. The Kier molecular flexibility index (Phi) is 8.23. The maximum absolute atomic E-state index is 5.35. The summed E-state index contributed by atoms with van der Waals surface area (Å²) < 4.78 is 21.2. The molecule has 0 saturated carbocycles. The fraction of sp³-hybridized carbons (Fsp3) is 0.429. The highest BCUT2D eigenvalue weighted by atomic mass is 16.5. The minimum absolute atomic E-state index is 0.318. The second-order valence-electron chi connectivity index (χ2n) is 6.29. The number of ether oxygens (including phenoxy) is 4. The number of benzene rings is 2. The van der Waals surface area contributed by atoms with Crippen molar-refractivity contribution in [2.24, 2.45) is 0 Å². The Morgan fingerprint density at radius 1 is 0.704 bits per heavy atom. The van der Waals surface area contributed by atoms with Crippen molar-refractivity contribution in [1.82, 2.24) is 10.6 Å². The van der Waals surface area contributed by atoms with Crippen LogP contribution in [0.3, 0.4) is 0 Å². The molecule has 0 saturated heterocycles. The molecule has 0 bridgehead atoms. The Bertz CT molecular complexity index is 721. The van der Waals surface area contributed by atoms with Crippen LogP contribution in [0.25, 0.3) is 0 Å². The molecule has 2 aromatic carbocycles. The first-order chi connectivity index (χ1) is 13.1. The summed E-state index contributed by atoms with van der Waals surface area (Å²) in [4.78, 5) is 0. The molecule has 0 heterocycles. The van der Waals surface area contributed by atoms with Crippen molar-refractivity contribution in [1.29, 1.82) is 0 Å². The molecular weight excluding hydrogens is 344 g/mol. The monoisotopic (exact) mass is 374 g/mol. The first-order valence-electron chi connectivity index (χ1n) is 8.97. The van der Waals surface area contributed by atoms with E-state index in [1.54, 1.807) is 28.4 Å². The van der Waals surface area contributed by atoms with Gasteiger partial charge in [-0.15, -0.1) is 0 Å². The third-order valence-electron chi connectivity index (χ3n) is 4.33. The Morgan fingerprint density at radius 2 is 1.19 bits per heavy atom. The van der Waals surface area contributed by atoms with Gasteiger partial charge in [-0.3, -0.25) is 0 Å². The van der Waals surface area contributed by atoms with Gasteiger partial charge in [-0.25, -0.2) is 0 Å². The van der Waals surface area contributed by atoms with Gasteiger partial charge < -0.3 is 29.6 Å². The van der Waals surface area contributed by atoms with Crippen LogP contribution in [0.5, 0.6) is 23.0 Å². The molecule has 0 amide bonds. The van der Waals surface area contributed by atoms with E-state index in [2.05, 4.69) is 17.6 Å². The zero-order valence-electron chi connectivity index (χ0n) is 16.8. The molecule has 6 heteroatoms. The number of methoxy groups -OCH3 is 4. The number of rotatable bonds is 11. The van der Waals surface area contributed by atoms with Crippen LogP contribution in [0.15, 0.2) is 36.4 Å². The highest BCUT2D eigenvalue weighted by molar-refractivity contribution is 5.43. The van der Waals surface area contributed by atoms with Crippen molar-refractivity contribution in [3.8, 4) is 23.0 Å². The molecular formula is C21H30N2O4. The van der Waals surface area contributed by atoms with E-state index in [4.69, 9.17) is 18.9 Å². The van der Waals surface area contributed by atoms with Crippen LogP contribution in [0.4, 0.5) is 0 Å². The van der Waals surface area contributed by atoms with Gasteiger partial charge in [0.1, 0.15) is 0 Å².